The van der Waals surface area contributed by atoms with Crippen molar-refractivity contribution in [3.63, 3.8) is 0 Å². The average Bonchev–Trinajstić information content (AvgIpc) is 3.20. The van der Waals surface area contributed by atoms with E-state index in [1.54, 1.807) is 30.9 Å². The average molecular weight is 409 g/mol. The fourth-order valence-electron chi connectivity index (χ4n) is 4.46. The molecular formula is C21H28N8O. The Morgan fingerprint density at radius 2 is 1.73 bits per heavy atom. The lowest BCUT2D eigenvalue weighted by Crippen LogP contribution is -2.62. The van der Waals surface area contributed by atoms with E-state index in [1.807, 2.05) is 7.05 Å². The molecule has 1 fully saturated rings. The third-order valence-electron chi connectivity index (χ3n) is 5.54. The smallest absolute Gasteiger partial charge is 0.204 e. The van der Waals surface area contributed by atoms with Gasteiger partial charge >= 0.3 is 0 Å². The standard InChI is InChI=1S/C21H28N8O/c1-20(2)7-15(8-21(3,4)28-20)29(5)17-12-23-19(27-26-17)18-16(30)6-13(9-22-18)14-10-24-25-11-14/h6,9-12,15,28,30H,7-8H2,1-5H3,(H,24,25). The molecule has 9 nitrogen and oxygen atoms in total. The number of anilines is 1. The molecule has 158 valence electrons. The molecule has 0 unspecified atom stereocenters. The highest BCUT2D eigenvalue weighted by atomic mass is 16.3. The first-order chi connectivity index (χ1) is 14.1. The molecule has 1 aliphatic rings. The third kappa shape index (κ3) is 4.11. The fraction of sp³-hybridized carbons (Fsp3) is 0.476. The molecule has 3 N–H and O–H groups in total. The number of hydrogen-bond acceptors (Lipinski definition) is 8. The van der Waals surface area contributed by atoms with Crippen molar-refractivity contribution >= 4 is 5.82 Å². The molecule has 4 heterocycles. The van der Waals surface area contributed by atoms with E-state index in [0.29, 0.717) is 17.6 Å². The summed E-state index contributed by atoms with van der Waals surface area (Å²) in [7, 11) is 2.03. The minimum atomic E-state index is -0.00143. The van der Waals surface area contributed by atoms with Crippen molar-refractivity contribution in [2.24, 2.45) is 0 Å². The summed E-state index contributed by atoms with van der Waals surface area (Å²) in [5, 5.41) is 29.4. The predicted molar refractivity (Wildman–Crippen MR) is 115 cm³/mol. The van der Waals surface area contributed by atoms with E-state index in [4.69, 9.17) is 0 Å². The van der Waals surface area contributed by atoms with Crippen molar-refractivity contribution in [2.45, 2.75) is 57.7 Å². The van der Waals surface area contributed by atoms with Gasteiger partial charge < -0.3 is 15.3 Å². The Bertz CT molecular complexity index is 998. The van der Waals surface area contributed by atoms with Gasteiger partial charge in [-0.25, -0.2) is 9.97 Å². The van der Waals surface area contributed by atoms with Crippen LogP contribution in [0.5, 0.6) is 5.75 Å². The molecule has 0 amide bonds. The Morgan fingerprint density at radius 3 is 2.30 bits per heavy atom. The van der Waals surface area contributed by atoms with E-state index in [1.165, 1.54) is 0 Å². The number of aromatic hydroxyl groups is 1. The van der Waals surface area contributed by atoms with Crippen LogP contribution in [-0.2, 0) is 0 Å². The Labute approximate surface area is 176 Å². The first-order valence-electron chi connectivity index (χ1n) is 10.0. The van der Waals surface area contributed by atoms with E-state index >= 15 is 0 Å². The van der Waals surface area contributed by atoms with E-state index in [9.17, 15) is 5.11 Å². The number of rotatable bonds is 4. The molecule has 1 aliphatic heterocycles. The van der Waals surface area contributed by atoms with E-state index in [2.05, 4.69) is 68.3 Å². The van der Waals surface area contributed by atoms with Crippen LogP contribution in [0.1, 0.15) is 40.5 Å². The Morgan fingerprint density at radius 1 is 1.00 bits per heavy atom. The van der Waals surface area contributed by atoms with Gasteiger partial charge in [-0.05, 0) is 46.6 Å². The largest absolute Gasteiger partial charge is 0.506 e. The Hall–Kier alpha value is -3.07. The maximum Gasteiger partial charge on any atom is 0.204 e. The van der Waals surface area contributed by atoms with Gasteiger partial charge in [0.15, 0.2) is 11.5 Å². The second kappa shape index (κ2) is 7.32. The summed E-state index contributed by atoms with van der Waals surface area (Å²) < 4.78 is 0. The summed E-state index contributed by atoms with van der Waals surface area (Å²) in [5.74, 6) is 0.986. The zero-order valence-corrected chi connectivity index (χ0v) is 18.0. The molecule has 0 aromatic carbocycles. The Balaban J connectivity index is 1.54. The molecule has 3 aromatic heterocycles. The van der Waals surface area contributed by atoms with Crippen LogP contribution >= 0.6 is 0 Å². The zero-order chi connectivity index (χ0) is 21.5. The molecule has 0 atom stereocenters. The molecule has 0 aliphatic carbocycles. The second-order valence-electron chi connectivity index (χ2n) is 9.28. The number of nitrogens with one attached hydrogen (secondary N) is 2. The van der Waals surface area contributed by atoms with Crippen molar-refractivity contribution in [3.8, 4) is 28.4 Å². The van der Waals surface area contributed by atoms with E-state index < -0.39 is 0 Å². The first-order valence-corrected chi connectivity index (χ1v) is 10.0. The van der Waals surface area contributed by atoms with Crippen LogP contribution in [0.15, 0.2) is 30.9 Å². The van der Waals surface area contributed by atoms with E-state index in [0.717, 1.165) is 24.0 Å². The molecule has 3 aromatic rings. The van der Waals surface area contributed by atoms with Crippen LogP contribution < -0.4 is 10.2 Å². The molecular weight excluding hydrogens is 380 g/mol. The lowest BCUT2D eigenvalue weighted by Gasteiger charge is -2.49. The maximum atomic E-state index is 10.4. The minimum Gasteiger partial charge on any atom is -0.506 e. The highest BCUT2D eigenvalue weighted by Crippen LogP contribution is 2.33. The summed E-state index contributed by atoms with van der Waals surface area (Å²) in [6.45, 7) is 8.90. The van der Waals surface area contributed by atoms with Gasteiger partial charge in [-0.1, -0.05) is 0 Å². The topological polar surface area (TPSA) is 116 Å². The number of pyridine rings is 1. The molecule has 0 spiro atoms. The lowest BCUT2D eigenvalue weighted by atomic mass is 9.79. The predicted octanol–water partition coefficient (Wildman–Crippen LogP) is 2.77. The second-order valence-corrected chi connectivity index (χ2v) is 9.28. The van der Waals surface area contributed by atoms with Crippen molar-refractivity contribution in [1.82, 2.24) is 35.7 Å². The van der Waals surface area contributed by atoms with Crippen molar-refractivity contribution in [3.05, 3.63) is 30.9 Å². The summed E-state index contributed by atoms with van der Waals surface area (Å²) in [6.07, 6.45) is 8.74. The monoisotopic (exact) mass is 408 g/mol. The summed E-state index contributed by atoms with van der Waals surface area (Å²) in [5.41, 5.74) is 1.97. The molecule has 4 rings (SSSR count). The van der Waals surface area contributed by atoms with Crippen LogP contribution in [0.4, 0.5) is 5.82 Å². The first kappa shape index (κ1) is 20.2. The van der Waals surface area contributed by atoms with Crippen LogP contribution in [0.2, 0.25) is 0 Å². The SMILES string of the molecule is CN(c1cnc(-c2ncc(-c3cn[nH]c3)cc2O)nn1)C1CC(C)(C)NC(C)(C)C1. The zero-order valence-electron chi connectivity index (χ0n) is 18.0. The van der Waals surface area contributed by atoms with Crippen LogP contribution in [0.3, 0.4) is 0 Å². The van der Waals surface area contributed by atoms with Crippen LogP contribution in [0.25, 0.3) is 22.6 Å². The number of aromatic amines is 1. The molecule has 0 saturated carbocycles. The third-order valence-corrected chi connectivity index (χ3v) is 5.54. The van der Waals surface area contributed by atoms with Gasteiger partial charge in [0.05, 0.1) is 12.4 Å². The van der Waals surface area contributed by atoms with E-state index in [-0.39, 0.29) is 22.7 Å². The van der Waals surface area contributed by atoms with Crippen molar-refractivity contribution in [2.75, 3.05) is 11.9 Å². The molecule has 30 heavy (non-hydrogen) atoms. The van der Waals surface area contributed by atoms with Crippen molar-refractivity contribution in [1.29, 1.82) is 0 Å². The van der Waals surface area contributed by atoms with Gasteiger partial charge in [0, 0.05) is 47.7 Å². The van der Waals surface area contributed by atoms with Crippen LogP contribution in [-0.4, -0.2) is 59.6 Å². The quantitative estimate of drug-likeness (QED) is 0.603. The molecule has 0 radical (unpaired) electrons. The molecule has 9 heteroatoms. The van der Waals surface area contributed by atoms with Gasteiger partial charge in [-0.3, -0.25) is 5.10 Å². The number of H-pyrrole nitrogens is 1. The van der Waals surface area contributed by atoms with Gasteiger partial charge in [-0.15, -0.1) is 10.2 Å². The van der Waals surface area contributed by atoms with Gasteiger partial charge in [0.1, 0.15) is 5.75 Å². The van der Waals surface area contributed by atoms with Gasteiger partial charge in [0.25, 0.3) is 0 Å². The highest BCUT2D eigenvalue weighted by Gasteiger charge is 2.39. The molecule has 0 bridgehead atoms. The number of nitrogens with zero attached hydrogens (tertiary/aromatic N) is 6. The molecule has 1 saturated heterocycles. The van der Waals surface area contributed by atoms with Crippen LogP contribution in [0, 0.1) is 0 Å². The Kier molecular flexibility index (Phi) is 4.93. The number of piperidine rings is 1. The summed E-state index contributed by atoms with van der Waals surface area (Å²) >= 11 is 0. The number of hydrogen-bond donors (Lipinski definition) is 3. The van der Waals surface area contributed by atoms with Crippen molar-refractivity contribution < 1.29 is 5.11 Å². The van der Waals surface area contributed by atoms with Gasteiger partial charge in [0.2, 0.25) is 5.82 Å². The number of aromatic nitrogens is 6. The summed E-state index contributed by atoms with van der Waals surface area (Å²) in [6, 6.07) is 1.94. The minimum absolute atomic E-state index is 0.00143. The summed E-state index contributed by atoms with van der Waals surface area (Å²) in [4.78, 5) is 10.9. The fourth-order valence-corrected chi connectivity index (χ4v) is 4.46. The van der Waals surface area contributed by atoms with Gasteiger partial charge in [-0.2, -0.15) is 5.10 Å². The maximum absolute atomic E-state index is 10.4. The highest BCUT2D eigenvalue weighted by molar-refractivity contribution is 5.68. The normalized spacial score (nSPS) is 18.3. The lowest BCUT2D eigenvalue weighted by molar-refractivity contribution is 0.160.